The quantitative estimate of drug-likeness (QED) is 0.468. The molecular weight excluding hydrogens is 381 g/mol. The molecule has 2 aliphatic rings. The van der Waals surface area contributed by atoms with Gasteiger partial charge in [-0.05, 0) is 73.3 Å². The van der Waals surface area contributed by atoms with Crippen LogP contribution in [-0.4, -0.2) is 30.6 Å². The van der Waals surface area contributed by atoms with Crippen molar-refractivity contribution in [2.24, 2.45) is 5.92 Å². The van der Waals surface area contributed by atoms with E-state index in [1.165, 1.54) is 31.4 Å². The Morgan fingerprint density at radius 3 is 2.57 bits per heavy atom. The van der Waals surface area contributed by atoms with E-state index < -0.39 is 0 Å². The zero-order valence-corrected chi connectivity index (χ0v) is 14.1. The highest BCUT2D eigenvalue weighted by molar-refractivity contribution is 14.1. The highest BCUT2D eigenvalue weighted by Crippen LogP contribution is 2.36. The van der Waals surface area contributed by atoms with Crippen LogP contribution in [0.4, 0.5) is 11.4 Å². The number of anilines is 1. The summed E-state index contributed by atoms with van der Waals surface area (Å²) in [6.07, 6.45) is 4.95. The summed E-state index contributed by atoms with van der Waals surface area (Å²) in [4.78, 5) is 13.0. The molecule has 0 unspecified atom stereocenters. The van der Waals surface area contributed by atoms with Gasteiger partial charge in [-0.15, -0.1) is 0 Å². The van der Waals surface area contributed by atoms with Gasteiger partial charge >= 0.3 is 0 Å². The monoisotopic (exact) mass is 401 g/mol. The summed E-state index contributed by atoms with van der Waals surface area (Å²) < 4.78 is 0.989. The number of hydrogen-bond donors (Lipinski definition) is 1. The van der Waals surface area contributed by atoms with E-state index in [1.54, 1.807) is 12.1 Å². The van der Waals surface area contributed by atoms with E-state index >= 15 is 0 Å². The lowest BCUT2D eigenvalue weighted by Gasteiger charge is -2.32. The SMILES string of the molecule is O=[N+]([O-])c1ccc(N(CC2CCNCC2)C2CC2)c(I)c1. The fourth-order valence-corrected chi connectivity index (χ4v) is 3.82. The van der Waals surface area contributed by atoms with Gasteiger partial charge < -0.3 is 10.2 Å². The maximum absolute atomic E-state index is 10.9. The van der Waals surface area contributed by atoms with Crippen LogP contribution < -0.4 is 10.2 Å². The first-order valence-corrected chi connectivity index (χ1v) is 8.64. The van der Waals surface area contributed by atoms with Crippen LogP contribution in [0.3, 0.4) is 0 Å². The van der Waals surface area contributed by atoms with Crippen molar-refractivity contribution in [2.75, 3.05) is 24.5 Å². The standard InChI is InChI=1S/C15H20IN3O2/c16-14-9-13(19(20)21)3-4-15(14)18(12-1-2-12)10-11-5-7-17-8-6-11/h3-4,9,11-12,17H,1-2,5-8,10H2. The number of halogens is 1. The van der Waals surface area contributed by atoms with Crippen LogP contribution >= 0.6 is 22.6 Å². The van der Waals surface area contributed by atoms with Crippen molar-refractivity contribution in [3.63, 3.8) is 0 Å². The number of nitro groups is 1. The average molecular weight is 401 g/mol. The highest BCUT2D eigenvalue weighted by Gasteiger charge is 2.32. The van der Waals surface area contributed by atoms with Crippen molar-refractivity contribution in [2.45, 2.75) is 31.7 Å². The molecule has 1 N–H and O–H groups in total. The summed E-state index contributed by atoms with van der Waals surface area (Å²) in [6.45, 7) is 3.31. The molecule has 0 spiro atoms. The number of non-ortho nitro benzene ring substituents is 1. The lowest BCUT2D eigenvalue weighted by molar-refractivity contribution is -0.384. The van der Waals surface area contributed by atoms with Gasteiger partial charge in [0.05, 0.1) is 10.6 Å². The first-order valence-electron chi connectivity index (χ1n) is 7.56. The van der Waals surface area contributed by atoms with Gasteiger partial charge in [-0.1, -0.05) is 0 Å². The zero-order chi connectivity index (χ0) is 14.8. The Morgan fingerprint density at radius 1 is 1.29 bits per heavy atom. The van der Waals surface area contributed by atoms with E-state index in [0.717, 1.165) is 29.1 Å². The fourth-order valence-electron chi connectivity index (χ4n) is 3.02. The van der Waals surface area contributed by atoms with Gasteiger partial charge in [0.2, 0.25) is 0 Å². The molecule has 21 heavy (non-hydrogen) atoms. The summed E-state index contributed by atoms with van der Waals surface area (Å²) in [5.74, 6) is 0.734. The second-order valence-electron chi connectivity index (χ2n) is 5.97. The molecule has 6 heteroatoms. The molecule has 1 aromatic rings. The lowest BCUT2D eigenvalue weighted by Crippen LogP contribution is -2.37. The molecule has 1 heterocycles. The van der Waals surface area contributed by atoms with Crippen LogP contribution in [-0.2, 0) is 0 Å². The molecule has 0 bridgehead atoms. The number of nitrogens with zero attached hydrogens (tertiary/aromatic N) is 2. The van der Waals surface area contributed by atoms with Crippen molar-refractivity contribution in [1.82, 2.24) is 5.32 Å². The van der Waals surface area contributed by atoms with Gasteiger partial charge in [0.25, 0.3) is 5.69 Å². The molecular formula is C15H20IN3O2. The van der Waals surface area contributed by atoms with E-state index in [2.05, 4.69) is 32.8 Å². The van der Waals surface area contributed by atoms with Gasteiger partial charge in [0.1, 0.15) is 0 Å². The molecule has 5 nitrogen and oxygen atoms in total. The molecule has 0 aromatic heterocycles. The highest BCUT2D eigenvalue weighted by atomic mass is 127. The number of nitro benzene ring substituents is 1. The molecule has 3 rings (SSSR count). The van der Waals surface area contributed by atoms with Crippen LogP contribution in [0.25, 0.3) is 0 Å². The molecule has 0 atom stereocenters. The van der Waals surface area contributed by atoms with E-state index in [0.29, 0.717) is 6.04 Å². The van der Waals surface area contributed by atoms with E-state index in [4.69, 9.17) is 0 Å². The maximum atomic E-state index is 10.9. The first kappa shape index (κ1) is 15.0. The maximum Gasteiger partial charge on any atom is 0.270 e. The Hall–Kier alpha value is -0.890. The van der Waals surface area contributed by atoms with E-state index in [9.17, 15) is 10.1 Å². The number of nitrogens with one attached hydrogen (secondary N) is 1. The minimum Gasteiger partial charge on any atom is -0.367 e. The summed E-state index contributed by atoms with van der Waals surface area (Å²) >= 11 is 2.23. The molecule has 1 saturated carbocycles. The predicted molar refractivity (Wildman–Crippen MR) is 91.8 cm³/mol. The minimum atomic E-state index is -0.319. The second kappa shape index (κ2) is 6.48. The van der Waals surface area contributed by atoms with Crippen molar-refractivity contribution < 1.29 is 4.92 Å². The molecule has 2 fully saturated rings. The summed E-state index contributed by atoms with van der Waals surface area (Å²) in [7, 11) is 0. The Kier molecular flexibility index (Phi) is 4.63. The van der Waals surface area contributed by atoms with Gasteiger partial charge in [-0.2, -0.15) is 0 Å². The van der Waals surface area contributed by atoms with Crippen molar-refractivity contribution >= 4 is 34.0 Å². The molecule has 0 radical (unpaired) electrons. The molecule has 0 amide bonds. The zero-order valence-electron chi connectivity index (χ0n) is 11.9. The molecule has 114 valence electrons. The Bertz CT molecular complexity index is 528. The van der Waals surface area contributed by atoms with Crippen LogP contribution in [0.15, 0.2) is 18.2 Å². The Labute approximate surface area is 138 Å². The lowest BCUT2D eigenvalue weighted by atomic mass is 9.97. The summed E-state index contributed by atoms with van der Waals surface area (Å²) in [5, 5.41) is 14.3. The van der Waals surface area contributed by atoms with Crippen molar-refractivity contribution in [3.05, 3.63) is 31.9 Å². The number of piperidine rings is 1. The predicted octanol–water partition coefficient (Wildman–Crippen LogP) is 3.17. The van der Waals surface area contributed by atoms with E-state index in [-0.39, 0.29) is 10.6 Å². The minimum absolute atomic E-state index is 0.181. The molecule has 1 aliphatic carbocycles. The van der Waals surface area contributed by atoms with Crippen LogP contribution in [0.1, 0.15) is 25.7 Å². The Morgan fingerprint density at radius 2 is 2.00 bits per heavy atom. The third-order valence-electron chi connectivity index (χ3n) is 4.35. The summed E-state index contributed by atoms with van der Waals surface area (Å²) in [6, 6.07) is 5.89. The number of hydrogen-bond acceptors (Lipinski definition) is 4. The van der Waals surface area contributed by atoms with Crippen LogP contribution in [0, 0.1) is 19.6 Å². The first-order chi connectivity index (χ1) is 10.1. The number of rotatable bonds is 5. The van der Waals surface area contributed by atoms with E-state index in [1.807, 2.05) is 6.07 Å². The number of benzene rings is 1. The average Bonchev–Trinajstić information content (AvgIpc) is 3.31. The van der Waals surface area contributed by atoms with Gasteiger partial charge in [0, 0.05) is 28.3 Å². The normalized spacial score (nSPS) is 19.5. The largest absolute Gasteiger partial charge is 0.367 e. The van der Waals surface area contributed by atoms with Crippen molar-refractivity contribution in [1.29, 1.82) is 0 Å². The third-order valence-corrected chi connectivity index (χ3v) is 5.22. The Balaban J connectivity index is 1.78. The van der Waals surface area contributed by atoms with Crippen LogP contribution in [0.5, 0.6) is 0 Å². The van der Waals surface area contributed by atoms with Gasteiger partial charge in [0.15, 0.2) is 0 Å². The summed E-state index contributed by atoms with van der Waals surface area (Å²) in [5.41, 5.74) is 1.35. The second-order valence-corrected chi connectivity index (χ2v) is 7.13. The van der Waals surface area contributed by atoms with Gasteiger partial charge in [-0.3, -0.25) is 10.1 Å². The molecule has 1 aliphatic heterocycles. The van der Waals surface area contributed by atoms with Crippen molar-refractivity contribution in [3.8, 4) is 0 Å². The topological polar surface area (TPSA) is 58.4 Å². The van der Waals surface area contributed by atoms with Crippen LogP contribution in [0.2, 0.25) is 0 Å². The third kappa shape index (κ3) is 3.66. The van der Waals surface area contributed by atoms with Gasteiger partial charge in [-0.25, -0.2) is 0 Å². The fraction of sp³-hybridized carbons (Fsp3) is 0.600. The molecule has 1 saturated heterocycles. The smallest absolute Gasteiger partial charge is 0.270 e. The molecule has 1 aromatic carbocycles.